The largest absolute Gasteiger partial charge is 0.337 e. The average molecular weight is 300 g/mol. The summed E-state index contributed by atoms with van der Waals surface area (Å²) in [5.41, 5.74) is 6.07. The number of urea groups is 1. The van der Waals surface area contributed by atoms with Gasteiger partial charge >= 0.3 is 6.03 Å². The maximum atomic E-state index is 12.1. The lowest BCUT2D eigenvalue weighted by atomic mass is 10.2. The molecule has 0 unspecified atom stereocenters. The first kappa shape index (κ1) is 16.4. The Bertz CT molecular complexity index is 558. The van der Waals surface area contributed by atoms with E-state index in [1.54, 1.807) is 32.3 Å². The van der Waals surface area contributed by atoms with Crippen LogP contribution in [0, 0.1) is 0 Å². The van der Waals surface area contributed by atoms with E-state index in [9.17, 15) is 13.2 Å². The van der Waals surface area contributed by atoms with Crippen LogP contribution in [-0.4, -0.2) is 46.5 Å². The molecule has 0 aromatic heterocycles. The lowest BCUT2D eigenvalue weighted by Gasteiger charge is -2.13. The molecule has 7 nitrogen and oxygen atoms in total. The van der Waals surface area contributed by atoms with Crippen molar-refractivity contribution in [3.8, 4) is 0 Å². The molecule has 0 saturated heterocycles. The average Bonchev–Trinajstić information content (AvgIpc) is 2.43. The van der Waals surface area contributed by atoms with Crippen molar-refractivity contribution in [3.63, 3.8) is 0 Å². The molecule has 0 atom stereocenters. The number of carbonyl (C=O) groups is 1. The fourth-order valence-electron chi connectivity index (χ4n) is 1.53. The molecule has 20 heavy (non-hydrogen) atoms. The first-order valence-electron chi connectivity index (χ1n) is 6.11. The number of hydrogen-bond donors (Lipinski definition) is 3. The number of nitrogens with two attached hydrogens (primary N) is 1. The third-order valence-corrected chi connectivity index (χ3v) is 4.14. The summed E-state index contributed by atoms with van der Waals surface area (Å²) >= 11 is 0. The van der Waals surface area contributed by atoms with Gasteiger partial charge in [0.1, 0.15) is 0 Å². The molecule has 4 N–H and O–H groups in total. The van der Waals surface area contributed by atoms with Crippen molar-refractivity contribution in [3.05, 3.63) is 29.8 Å². The van der Waals surface area contributed by atoms with Crippen LogP contribution < -0.4 is 15.8 Å². The van der Waals surface area contributed by atoms with Crippen LogP contribution in [0.4, 0.5) is 4.79 Å². The molecule has 0 heterocycles. The molecule has 1 aromatic rings. The number of hydrogen-bond acceptors (Lipinski definition) is 4. The molecule has 1 rings (SSSR count). The van der Waals surface area contributed by atoms with Crippen LogP contribution in [0.2, 0.25) is 0 Å². The summed E-state index contributed by atoms with van der Waals surface area (Å²) in [5.74, 6) is 0. The predicted molar refractivity (Wildman–Crippen MR) is 76.6 cm³/mol. The van der Waals surface area contributed by atoms with Gasteiger partial charge in [-0.2, -0.15) is 0 Å². The molecule has 0 aliphatic carbocycles. The Balaban J connectivity index is 2.60. The Morgan fingerprint density at radius 3 is 2.50 bits per heavy atom. The van der Waals surface area contributed by atoms with Gasteiger partial charge in [0.05, 0.1) is 4.90 Å². The van der Waals surface area contributed by atoms with Gasteiger partial charge in [-0.1, -0.05) is 18.2 Å². The molecule has 0 bridgehead atoms. The molecule has 0 radical (unpaired) electrons. The van der Waals surface area contributed by atoms with Gasteiger partial charge in [0.2, 0.25) is 10.0 Å². The van der Waals surface area contributed by atoms with Crippen LogP contribution >= 0.6 is 0 Å². The minimum atomic E-state index is -3.62. The highest BCUT2D eigenvalue weighted by Gasteiger charge is 2.16. The fourth-order valence-corrected chi connectivity index (χ4v) is 2.81. The number of carbonyl (C=O) groups excluding carboxylic acids is 1. The SMILES string of the molecule is CN(C)C(=O)NCCNS(=O)(=O)c1ccccc1CN. The smallest absolute Gasteiger partial charge is 0.316 e. The van der Waals surface area contributed by atoms with E-state index in [1.165, 1.54) is 11.0 Å². The third-order valence-electron chi connectivity index (χ3n) is 2.58. The van der Waals surface area contributed by atoms with Crippen LogP contribution in [0.1, 0.15) is 5.56 Å². The highest BCUT2D eigenvalue weighted by Crippen LogP contribution is 2.14. The molecule has 0 spiro atoms. The summed E-state index contributed by atoms with van der Waals surface area (Å²) in [6, 6.07) is 6.28. The molecule has 0 aliphatic heterocycles. The van der Waals surface area contributed by atoms with Gasteiger partial charge in [-0.3, -0.25) is 0 Å². The third kappa shape index (κ3) is 4.48. The van der Waals surface area contributed by atoms with E-state index in [0.717, 1.165) is 0 Å². The van der Waals surface area contributed by atoms with Crippen molar-refractivity contribution in [2.45, 2.75) is 11.4 Å². The summed E-state index contributed by atoms with van der Waals surface area (Å²) in [5, 5.41) is 2.57. The Morgan fingerprint density at radius 2 is 1.90 bits per heavy atom. The number of amides is 2. The lowest BCUT2D eigenvalue weighted by Crippen LogP contribution is -2.39. The van der Waals surface area contributed by atoms with Crippen LogP contribution in [0.3, 0.4) is 0 Å². The van der Waals surface area contributed by atoms with Crippen LogP contribution in [-0.2, 0) is 16.6 Å². The van der Waals surface area contributed by atoms with Crippen molar-refractivity contribution >= 4 is 16.1 Å². The van der Waals surface area contributed by atoms with E-state index in [4.69, 9.17) is 5.73 Å². The predicted octanol–water partition coefficient (Wildman–Crippen LogP) is -0.305. The Labute approximate surface area is 119 Å². The number of nitrogens with one attached hydrogen (secondary N) is 2. The second kappa shape index (κ2) is 7.22. The number of sulfonamides is 1. The van der Waals surface area contributed by atoms with E-state index in [0.29, 0.717) is 5.56 Å². The van der Waals surface area contributed by atoms with Crippen LogP contribution in [0.15, 0.2) is 29.2 Å². The van der Waals surface area contributed by atoms with Gasteiger partial charge < -0.3 is 16.0 Å². The van der Waals surface area contributed by atoms with Crippen molar-refractivity contribution in [1.29, 1.82) is 0 Å². The van der Waals surface area contributed by atoms with E-state index in [-0.39, 0.29) is 30.6 Å². The van der Waals surface area contributed by atoms with Gasteiger partial charge in [0, 0.05) is 33.7 Å². The minimum absolute atomic E-state index is 0.112. The number of benzene rings is 1. The van der Waals surface area contributed by atoms with E-state index >= 15 is 0 Å². The van der Waals surface area contributed by atoms with Crippen molar-refractivity contribution in [2.75, 3.05) is 27.2 Å². The Kier molecular flexibility index (Phi) is 5.93. The maximum Gasteiger partial charge on any atom is 0.316 e. The van der Waals surface area contributed by atoms with Crippen molar-refractivity contribution < 1.29 is 13.2 Å². The summed E-state index contributed by atoms with van der Waals surface area (Å²) in [6.07, 6.45) is 0. The molecule has 8 heteroatoms. The minimum Gasteiger partial charge on any atom is -0.337 e. The van der Waals surface area contributed by atoms with E-state index in [1.807, 2.05) is 0 Å². The van der Waals surface area contributed by atoms with E-state index in [2.05, 4.69) is 10.0 Å². The first-order valence-corrected chi connectivity index (χ1v) is 7.59. The molecule has 0 saturated carbocycles. The van der Waals surface area contributed by atoms with Gasteiger partial charge in [-0.25, -0.2) is 17.9 Å². The van der Waals surface area contributed by atoms with Crippen LogP contribution in [0.25, 0.3) is 0 Å². The molecular weight excluding hydrogens is 280 g/mol. The maximum absolute atomic E-state index is 12.1. The number of nitrogens with zero attached hydrogens (tertiary/aromatic N) is 1. The van der Waals surface area contributed by atoms with Gasteiger partial charge in [0.15, 0.2) is 0 Å². The van der Waals surface area contributed by atoms with E-state index < -0.39 is 10.0 Å². The molecule has 0 aliphatic rings. The first-order chi connectivity index (χ1) is 9.38. The molecule has 0 fully saturated rings. The Hall–Kier alpha value is -1.64. The van der Waals surface area contributed by atoms with Gasteiger partial charge in [0.25, 0.3) is 0 Å². The highest BCUT2D eigenvalue weighted by atomic mass is 32.2. The van der Waals surface area contributed by atoms with Crippen molar-refractivity contribution in [2.24, 2.45) is 5.73 Å². The topological polar surface area (TPSA) is 105 Å². The standard InChI is InChI=1S/C12H20N4O3S/c1-16(2)12(17)14-7-8-15-20(18,19)11-6-4-3-5-10(11)9-13/h3-6,15H,7-9,13H2,1-2H3,(H,14,17). The zero-order valence-corrected chi connectivity index (χ0v) is 12.4. The normalized spacial score (nSPS) is 11.2. The highest BCUT2D eigenvalue weighted by molar-refractivity contribution is 7.89. The van der Waals surface area contributed by atoms with Crippen molar-refractivity contribution in [1.82, 2.24) is 14.9 Å². The summed E-state index contributed by atoms with van der Waals surface area (Å²) in [4.78, 5) is 12.8. The lowest BCUT2D eigenvalue weighted by molar-refractivity contribution is 0.217. The zero-order valence-electron chi connectivity index (χ0n) is 11.6. The molecule has 1 aromatic carbocycles. The summed E-state index contributed by atoms with van der Waals surface area (Å²) < 4.78 is 26.6. The molecule has 112 valence electrons. The molecular formula is C12H20N4O3S. The van der Waals surface area contributed by atoms with Crippen LogP contribution in [0.5, 0.6) is 0 Å². The fraction of sp³-hybridized carbons (Fsp3) is 0.417. The monoisotopic (exact) mass is 300 g/mol. The summed E-state index contributed by atoms with van der Waals surface area (Å²) in [6.45, 7) is 0.469. The Morgan fingerprint density at radius 1 is 1.25 bits per heavy atom. The van der Waals surface area contributed by atoms with Gasteiger partial charge in [-0.15, -0.1) is 0 Å². The zero-order chi connectivity index (χ0) is 15.2. The number of rotatable bonds is 6. The van der Waals surface area contributed by atoms with Gasteiger partial charge in [-0.05, 0) is 11.6 Å². The summed E-state index contributed by atoms with van der Waals surface area (Å²) in [7, 11) is -0.400. The second-order valence-electron chi connectivity index (χ2n) is 4.34. The second-order valence-corrected chi connectivity index (χ2v) is 6.07. The molecule has 2 amide bonds. The quantitative estimate of drug-likeness (QED) is 0.627.